The van der Waals surface area contributed by atoms with Crippen molar-refractivity contribution in [1.29, 1.82) is 0 Å². The van der Waals surface area contributed by atoms with Crippen LogP contribution in [-0.2, 0) is 0 Å². The zero-order valence-corrected chi connectivity index (χ0v) is 10.3. The van der Waals surface area contributed by atoms with Gasteiger partial charge >= 0.3 is 0 Å². The van der Waals surface area contributed by atoms with Gasteiger partial charge in [0.25, 0.3) is 0 Å². The summed E-state index contributed by atoms with van der Waals surface area (Å²) >= 11 is 0. The Kier molecular flexibility index (Phi) is 3.59. The molecule has 0 aliphatic rings. The van der Waals surface area contributed by atoms with Gasteiger partial charge in [-0.25, -0.2) is 10.8 Å². The number of methoxy groups -OCH3 is 1. The van der Waals surface area contributed by atoms with Gasteiger partial charge in [0.1, 0.15) is 5.75 Å². The fraction of sp³-hybridized carbons (Fsp3) is 0.167. The van der Waals surface area contributed by atoms with Gasteiger partial charge in [-0.15, -0.1) is 0 Å². The van der Waals surface area contributed by atoms with E-state index in [4.69, 9.17) is 10.6 Å². The lowest BCUT2D eigenvalue weighted by atomic mass is 10.2. The molecule has 2 aromatic rings. The molecule has 0 radical (unpaired) electrons. The molecule has 0 saturated carbocycles. The van der Waals surface area contributed by atoms with Crippen molar-refractivity contribution in [2.45, 2.75) is 6.92 Å². The number of benzene rings is 1. The van der Waals surface area contributed by atoms with Crippen molar-refractivity contribution in [1.82, 2.24) is 9.97 Å². The summed E-state index contributed by atoms with van der Waals surface area (Å²) in [7, 11) is 1.62. The lowest BCUT2D eigenvalue weighted by molar-refractivity contribution is 0.416. The molecule has 0 aliphatic carbocycles. The molecule has 1 aromatic carbocycles. The minimum absolute atomic E-state index is 0.492. The van der Waals surface area contributed by atoms with E-state index in [9.17, 15) is 0 Å². The number of nitrogens with one attached hydrogen (secondary N) is 2. The first kappa shape index (κ1) is 12.1. The molecule has 6 heteroatoms. The standard InChI is InChI=1S/C12H15N5O/c1-8-3-4-10(18-2)9(5-8)15-11-6-14-7-12(16-11)17-13/h3-7H,13H2,1-2H3,(H2,15,16,17). The first-order chi connectivity index (χ1) is 8.72. The van der Waals surface area contributed by atoms with E-state index in [0.717, 1.165) is 17.0 Å². The molecule has 6 nitrogen and oxygen atoms in total. The van der Waals surface area contributed by atoms with Crippen molar-refractivity contribution in [2.75, 3.05) is 17.9 Å². The summed E-state index contributed by atoms with van der Waals surface area (Å²) in [5, 5.41) is 3.14. The SMILES string of the molecule is COc1ccc(C)cc1Nc1cncc(NN)n1. The fourth-order valence-corrected chi connectivity index (χ4v) is 1.55. The summed E-state index contributed by atoms with van der Waals surface area (Å²) in [5.74, 6) is 7.12. The van der Waals surface area contributed by atoms with Gasteiger partial charge in [-0.2, -0.15) is 0 Å². The fourth-order valence-electron chi connectivity index (χ4n) is 1.55. The molecule has 0 unspecified atom stereocenters. The van der Waals surface area contributed by atoms with Crippen molar-refractivity contribution in [3.05, 3.63) is 36.2 Å². The highest BCUT2D eigenvalue weighted by atomic mass is 16.5. The maximum absolute atomic E-state index is 5.29. The second-order valence-corrected chi connectivity index (χ2v) is 3.76. The Morgan fingerprint density at radius 2 is 2.00 bits per heavy atom. The van der Waals surface area contributed by atoms with Crippen LogP contribution in [0.4, 0.5) is 17.3 Å². The third-order valence-corrected chi connectivity index (χ3v) is 2.40. The average Bonchev–Trinajstić information content (AvgIpc) is 2.39. The van der Waals surface area contributed by atoms with Gasteiger partial charge in [0.05, 0.1) is 25.2 Å². The van der Waals surface area contributed by atoms with Gasteiger partial charge in [-0.1, -0.05) is 6.07 Å². The maximum atomic E-state index is 5.29. The second kappa shape index (κ2) is 5.33. The minimum atomic E-state index is 0.492. The van der Waals surface area contributed by atoms with Crippen LogP contribution in [0.15, 0.2) is 30.6 Å². The molecule has 1 aromatic heterocycles. The molecule has 18 heavy (non-hydrogen) atoms. The monoisotopic (exact) mass is 245 g/mol. The van der Waals surface area contributed by atoms with Crippen LogP contribution < -0.4 is 21.3 Å². The highest BCUT2D eigenvalue weighted by Crippen LogP contribution is 2.27. The summed E-state index contributed by atoms with van der Waals surface area (Å²) in [4.78, 5) is 8.25. The number of anilines is 3. The van der Waals surface area contributed by atoms with Crippen LogP contribution in [0, 0.1) is 6.92 Å². The lowest BCUT2D eigenvalue weighted by Gasteiger charge is -2.11. The van der Waals surface area contributed by atoms with Crippen LogP contribution in [-0.4, -0.2) is 17.1 Å². The molecule has 0 aliphatic heterocycles. The first-order valence-corrected chi connectivity index (χ1v) is 5.43. The summed E-state index contributed by atoms with van der Waals surface area (Å²) in [5.41, 5.74) is 4.41. The average molecular weight is 245 g/mol. The smallest absolute Gasteiger partial charge is 0.160 e. The van der Waals surface area contributed by atoms with Crippen LogP contribution in [0.5, 0.6) is 5.75 Å². The number of ether oxygens (including phenoxy) is 1. The van der Waals surface area contributed by atoms with Gasteiger partial charge in [0.15, 0.2) is 11.6 Å². The molecule has 0 spiro atoms. The maximum Gasteiger partial charge on any atom is 0.160 e. The number of nitrogen functional groups attached to an aromatic ring is 1. The summed E-state index contributed by atoms with van der Waals surface area (Å²) in [6.07, 6.45) is 3.15. The summed E-state index contributed by atoms with van der Waals surface area (Å²) < 4.78 is 5.28. The van der Waals surface area contributed by atoms with Gasteiger partial charge in [0.2, 0.25) is 0 Å². The molecule has 4 N–H and O–H groups in total. The largest absolute Gasteiger partial charge is 0.495 e. The zero-order valence-electron chi connectivity index (χ0n) is 10.3. The van der Waals surface area contributed by atoms with Gasteiger partial charge in [-0.05, 0) is 24.6 Å². The quantitative estimate of drug-likeness (QED) is 0.563. The van der Waals surface area contributed by atoms with Crippen LogP contribution in [0.3, 0.4) is 0 Å². The number of nitrogens with zero attached hydrogens (tertiary/aromatic N) is 2. The Bertz CT molecular complexity index is 544. The summed E-state index contributed by atoms with van der Waals surface area (Å²) in [6, 6.07) is 5.85. The number of aryl methyl sites for hydroxylation is 1. The van der Waals surface area contributed by atoms with Gasteiger partial charge in [-0.3, -0.25) is 4.98 Å². The number of aromatic nitrogens is 2. The summed E-state index contributed by atoms with van der Waals surface area (Å²) in [6.45, 7) is 2.01. The molecular formula is C12H15N5O. The van der Waals surface area contributed by atoms with Crippen molar-refractivity contribution in [3.63, 3.8) is 0 Å². The highest BCUT2D eigenvalue weighted by Gasteiger charge is 2.05. The van der Waals surface area contributed by atoms with E-state index in [-0.39, 0.29) is 0 Å². The normalized spacial score (nSPS) is 9.94. The number of rotatable bonds is 4. The van der Waals surface area contributed by atoms with E-state index in [1.807, 2.05) is 25.1 Å². The molecular weight excluding hydrogens is 230 g/mol. The third-order valence-electron chi connectivity index (χ3n) is 2.40. The number of hydrogen-bond acceptors (Lipinski definition) is 6. The Balaban J connectivity index is 2.29. The second-order valence-electron chi connectivity index (χ2n) is 3.76. The highest BCUT2D eigenvalue weighted by molar-refractivity contribution is 5.65. The predicted octanol–water partition coefficient (Wildman–Crippen LogP) is 1.82. The molecule has 0 atom stereocenters. The Hall–Kier alpha value is -2.34. The minimum Gasteiger partial charge on any atom is -0.495 e. The van der Waals surface area contributed by atoms with Crippen molar-refractivity contribution in [2.24, 2.45) is 5.84 Å². The topological polar surface area (TPSA) is 85.1 Å². The van der Waals surface area contributed by atoms with E-state index < -0.39 is 0 Å². The van der Waals surface area contributed by atoms with E-state index >= 15 is 0 Å². The van der Waals surface area contributed by atoms with E-state index in [2.05, 4.69) is 20.7 Å². The van der Waals surface area contributed by atoms with Crippen LogP contribution in [0.2, 0.25) is 0 Å². The molecule has 2 rings (SSSR count). The van der Waals surface area contributed by atoms with Crippen molar-refractivity contribution >= 4 is 17.3 Å². The number of hydrogen-bond donors (Lipinski definition) is 3. The lowest BCUT2D eigenvalue weighted by Crippen LogP contribution is -2.09. The molecule has 0 amide bonds. The molecule has 0 fully saturated rings. The molecule has 0 saturated heterocycles. The Morgan fingerprint density at radius 3 is 2.72 bits per heavy atom. The molecule has 0 bridgehead atoms. The predicted molar refractivity (Wildman–Crippen MR) is 70.9 cm³/mol. The molecule has 1 heterocycles. The van der Waals surface area contributed by atoms with E-state index in [1.54, 1.807) is 19.5 Å². The number of hydrazine groups is 1. The van der Waals surface area contributed by atoms with Crippen LogP contribution in [0.1, 0.15) is 5.56 Å². The first-order valence-electron chi connectivity index (χ1n) is 5.43. The molecule has 94 valence electrons. The Labute approximate surface area is 105 Å². The zero-order chi connectivity index (χ0) is 13.0. The van der Waals surface area contributed by atoms with Crippen LogP contribution >= 0.6 is 0 Å². The van der Waals surface area contributed by atoms with Gasteiger partial charge < -0.3 is 15.5 Å². The van der Waals surface area contributed by atoms with E-state index in [1.165, 1.54) is 0 Å². The van der Waals surface area contributed by atoms with Crippen molar-refractivity contribution < 1.29 is 4.74 Å². The van der Waals surface area contributed by atoms with Gasteiger partial charge in [0, 0.05) is 0 Å². The Morgan fingerprint density at radius 1 is 1.22 bits per heavy atom. The third kappa shape index (κ3) is 2.67. The van der Waals surface area contributed by atoms with E-state index in [0.29, 0.717) is 11.6 Å². The van der Waals surface area contributed by atoms with Crippen molar-refractivity contribution in [3.8, 4) is 5.75 Å². The number of nitrogens with two attached hydrogens (primary N) is 1. The van der Waals surface area contributed by atoms with Crippen LogP contribution in [0.25, 0.3) is 0 Å².